The Hall–Kier alpha value is -2.68. The predicted molar refractivity (Wildman–Crippen MR) is 125 cm³/mol. The van der Waals surface area contributed by atoms with Crippen molar-refractivity contribution in [2.45, 2.75) is 24.3 Å². The zero-order chi connectivity index (χ0) is 22.4. The molecule has 3 aromatic carbocycles. The van der Waals surface area contributed by atoms with E-state index >= 15 is 0 Å². The summed E-state index contributed by atoms with van der Waals surface area (Å²) in [6.07, 6.45) is 0.191. The number of aryl methyl sites for hydroxylation is 1. The number of benzene rings is 3. The standard InChI is InChI=1S/C23H23BrN2O4S/c1-16-8-13-21(30-2)22(14-16)31(28,29)26-20(15-17-6-4-3-5-7-17)23(27)25-19-11-9-18(24)10-12-19/h3-14,20,26H,15H2,1-2H3,(H,25,27)/t20-/m1/s1. The molecule has 6 nitrogen and oxygen atoms in total. The van der Waals surface area contributed by atoms with E-state index in [1.54, 1.807) is 43.3 Å². The van der Waals surface area contributed by atoms with Crippen LogP contribution in [-0.2, 0) is 21.2 Å². The van der Waals surface area contributed by atoms with E-state index in [0.717, 1.165) is 15.6 Å². The van der Waals surface area contributed by atoms with Crippen LogP contribution in [0.25, 0.3) is 0 Å². The predicted octanol–water partition coefficient (Wildman–Crippen LogP) is 4.29. The Labute approximate surface area is 190 Å². The number of amides is 1. The van der Waals surface area contributed by atoms with E-state index in [9.17, 15) is 13.2 Å². The van der Waals surface area contributed by atoms with Crippen LogP contribution in [0, 0.1) is 6.92 Å². The molecule has 0 saturated heterocycles. The Morgan fingerprint density at radius 3 is 2.35 bits per heavy atom. The van der Waals surface area contributed by atoms with Crippen LogP contribution in [0.2, 0.25) is 0 Å². The van der Waals surface area contributed by atoms with E-state index in [1.165, 1.54) is 13.2 Å². The van der Waals surface area contributed by atoms with Crippen LogP contribution in [-0.4, -0.2) is 27.5 Å². The number of halogens is 1. The van der Waals surface area contributed by atoms with Crippen LogP contribution in [0.4, 0.5) is 5.69 Å². The largest absolute Gasteiger partial charge is 0.495 e. The Morgan fingerprint density at radius 2 is 1.71 bits per heavy atom. The molecule has 2 N–H and O–H groups in total. The second kappa shape index (κ2) is 10.1. The molecule has 0 saturated carbocycles. The van der Waals surface area contributed by atoms with Crippen molar-refractivity contribution >= 4 is 37.5 Å². The monoisotopic (exact) mass is 502 g/mol. The maximum atomic E-state index is 13.2. The molecule has 31 heavy (non-hydrogen) atoms. The van der Waals surface area contributed by atoms with Gasteiger partial charge < -0.3 is 10.1 Å². The molecule has 3 aromatic rings. The van der Waals surface area contributed by atoms with Gasteiger partial charge in [0, 0.05) is 10.2 Å². The van der Waals surface area contributed by atoms with Gasteiger partial charge in [-0.3, -0.25) is 4.79 Å². The van der Waals surface area contributed by atoms with Gasteiger partial charge >= 0.3 is 0 Å². The highest BCUT2D eigenvalue weighted by molar-refractivity contribution is 9.10. The Bertz CT molecular complexity index is 1150. The van der Waals surface area contributed by atoms with Crippen LogP contribution in [0.3, 0.4) is 0 Å². The van der Waals surface area contributed by atoms with Gasteiger partial charge in [-0.25, -0.2) is 8.42 Å². The summed E-state index contributed by atoms with van der Waals surface area (Å²) in [7, 11) is -2.62. The first kappa shape index (κ1) is 23.0. The summed E-state index contributed by atoms with van der Waals surface area (Å²) < 4.78 is 35.0. The SMILES string of the molecule is COc1ccc(C)cc1S(=O)(=O)N[C@H](Cc1ccccc1)C(=O)Nc1ccc(Br)cc1. The van der Waals surface area contributed by atoms with Crippen molar-refractivity contribution in [3.05, 3.63) is 88.4 Å². The average molecular weight is 503 g/mol. The molecule has 3 rings (SSSR count). The van der Waals surface area contributed by atoms with Crippen molar-refractivity contribution < 1.29 is 17.9 Å². The van der Waals surface area contributed by atoms with Crippen molar-refractivity contribution in [1.82, 2.24) is 4.72 Å². The average Bonchev–Trinajstić information content (AvgIpc) is 2.75. The van der Waals surface area contributed by atoms with Gasteiger partial charge in [0.05, 0.1) is 7.11 Å². The minimum Gasteiger partial charge on any atom is -0.495 e. The summed E-state index contributed by atoms with van der Waals surface area (Å²) >= 11 is 3.35. The molecule has 162 valence electrons. The minimum atomic E-state index is -4.03. The molecule has 1 amide bonds. The molecule has 0 radical (unpaired) electrons. The van der Waals surface area contributed by atoms with Crippen molar-refractivity contribution in [2.24, 2.45) is 0 Å². The third-order valence-electron chi connectivity index (χ3n) is 4.62. The van der Waals surface area contributed by atoms with E-state index < -0.39 is 22.0 Å². The smallest absolute Gasteiger partial charge is 0.245 e. The third kappa shape index (κ3) is 6.16. The third-order valence-corrected chi connectivity index (χ3v) is 6.64. The van der Waals surface area contributed by atoms with Crippen molar-refractivity contribution in [3.63, 3.8) is 0 Å². The van der Waals surface area contributed by atoms with Crippen molar-refractivity contribution in [3.8, 4) is 5.75 Å². The lowest BCUT2D eigenvalue weighted by Gasteiger charge is -2.20. The second-order valence-electron chi connectivity index (χ2n) is 7.01. The van der Waals surface area contributed by atoms with Gasteiger partial charge in [-0.2, -0.15) is 4.72 Å². The number of hydrogen-bond donors (Lipinski definition) is 2. The highest BCUT2D eigenvalue weighted by atomic mass is 79.9. The van der Waals surface area contributed by atoms with Gasteiger partial charge in [-0.1, -0.05) is 52.3 Å². The first-order valence-corrected chi connectivity index (χ1v) is 11.8. The lowest BCUT2D eigenvalue weighted by atomic mass is 10.1. The molecule has 0 fully saturated rings. The normalized spacial score (nSPS) is 12.2. The summed E-state index contributed by atoms with van der Waals surface area (Å²) in [4.78, 5) is 13.0. The number of carbonyl (C=O) groups excluding carboxylic acids is 1. The molecule has 0 aliphatic rings. The summed E-state index contributed by atoms with van der Waals surface area (Å²) in [5.41, 5.74) is 2.16. The van der Waals surface area contributed by atoms with E-state index in [0.29, 0.717) is 5.69 Å². The number of rotatable bonds is 8. The highest BCUT2D eigenvalue weighted by Crippen LogP contribution is 2.25. The molecule has 1 atom stereocenters. The summed E-state index contributed by atoms with van der Waals surface area (Å²) in [5, 5.41) is 2.79. The lowest BCUT2D eigenvalue weighted by Crippen LogP contribution is -2.45. The maximum Gasteiger partial charge on any atom is 0.245 e. The zero-order valence-corrected chi connectivity index (χ0v) is 19.5. The summed E-state index contributed by atoms with van der Waals surface area (Å²) in [6, 6.07) is 20.2. The molecule has 0 bridgehead atoms. The van der Waals surface area contributed by atoms with Crippen LogP contribution >= 0.6 is 15.9 Å². The quantitative estimate of drug-likeness (QED) is 0.480. The van der Waals surface area contributed by atoms with Crippen LogP contribution in [0.15, 0.2) is 82.2 Å². The molecule has 0 spiro atoms. The lowest BCUT2D eigenvalue weighted by molar-refractivity contribution is -0.117. The maximum absolute atomic E-state index is 13.2. The second-order valence-corrected chi connectivity index (χ2v) is 9.61. The number of methoxy groups -OCH3 is 1. The Morgan fingerprint density at radius 1 is 1.03 bits per heavy atom. The molecule has 0 aliphatic carbocycles. The van der Waals surface area contributed by atoms with Crippen molar-refractivity contribution in [2.75, 3.05) is 12.4 Å². The molecular weight excluding hydrogens is 480 g/mol. The highest BCUT2D eigenvalue weighted by Gasteiger charge is 2.28. The first-order chi connectivity index (χ1) is 14.8. The van der Waals surface area contributed by atoms with Gasteiger partial charge in [-0.05, 0) is 60.9 Å². The first-order valence-electron chi connectivity index (χ1n) is 9.56. The fourth-order valence-corrected chi connectivity index (χ4v) is 4.76. The van der Waals surface area contributed by atoms with Gasteiger partial charge in [-0.15, -0.1) is 0 Å². The van der Waals surface area contributed by atoms with E-state index in [1.807, 2.05) is 30.3 Å². The Balaban J connectivity index is 1.91. The number of anilines is 1. The fourth-order valence-electron chi connectivity index (χ4n) is 3.04. The molecule has 0 heterocycles. The van der Waals surface area contributed by atoms with Gasteiger partial charge in [0.15, 0.2) is 0 Å². The Kier molecular flexibility index (Phi) is 7.48. The summed E-state index contributed by atoms with van der Waals surface area (Å²) in [6.45, 7) is 1.79. The molecule has 0 aromatic heterocycles. The van der Waals surface area contributed by atoms with Gasteiger partial charge in [0.25, 0.3) is 0 Å². The fraction of sp³-hybridized carbons (Fsp3) is 0.174. The van der Waals surface area contributed by atoms with Crippen molar-refractivity contribution in [1.29, 1.82) is 0 Å². The number of carbonyl (C=O) groups is 1. The number of hydrogen-bond acceptors (Lipinski definition) is 4. The molecule has 0 aliphatic heterocycles. The number of nitrogens with one attached hydrogen (secondary N) is 2. The molecule has 8 heteroatoms. The van der Waals surface area contributed by atoms with E-state index in [-0.39, 0.29) is 17.1 Å². The number of sulfonamides is 1. The summed E-state index contributed by atoms with van der Waals surface area (Å²) in [5.74, 6) is -0.244. The van der Waals surface area contributed by atoms with Gasteiger partial charge in [0.2, 0.25) is 15.9 Å². The van der Waals surface area contributed by atoms with Crippen LogP contribution in [0.1, 0.15) is 11.1 Å². The van der Waals surface area contributed by atoms with E-state index in [2.05, 4.69) is 26.0 Å². The van der Waals surface area contributed by atoms with E-state index in [4.69, 9.17) is 4.74 Å². The minimum absolute atomic E-state index is 0.00972. The molecular formula is C23H23BrN2O4S. The number of ether oxygens (including phenoxy) is 1. The topological polar surface area (TPSA) is 84.5 Å². The van der Waals surface area contributed by atoms with Crippen LogP contribution < -0.4 is 14.8 Å². The zero-order valence-electron chi connectivity index (χ0n) is 17.1. The van der Waals surface area contributed by atoms with Crippen LogP contribution in [0.5, 0.6) is 5.75 Å². The van der Waals surface area contributed by atoms with Gasteiger partial charge in [0.1, 0.15) is 16.7 Å². The molecule has 0 unspecified atom stereocenters.